The predicted octanol–water partition coefficient (Wildman–Crippen LogP) is 13.6. The zero-order valence-electron chi connectivity index (χ0n) is 34.1. The van der Waals surface area contributed by atoms with Crippen LogP contribution in [0.4, 0.5) is 0 Å². The number of para-hydroxylation sites is 1. The molecule has 294 valence electrons. The molecule has 0 aliphatic rings. The third-order valence-electron chi connectivity index (χ3n) is 11.9. The molecule has 0 unspecified atom stereocenters. The molecule has 0 aliphatic carbocycles. The van der Waals surface area contributed by atoms with Gasteiger partial charge in [-0.25, -0.2) is 0 Å². The van der Waals surface area contributed by atoms with Gasteiger partial charge in [0.2, 0.25) is 0 Å². The van der Waals surface area contributed by atoms with Crippen LogP contribution >= 0.6 is 37.7 Å². The maximum atomic E-state index is 6.90. The molecule has 53 heavy (non-hydrogen) atoms. The molecule has 0 radical (unpaired) electrons. The fourth-order valence-corrected chi connectivity index (χ4v) is 20.4. The van der Waals surface area contributed by atoms with Crippen LogP contribution in [0.15, 0.2) is 66.7 Å². The van der Waals surface area contributed by atoms with E-state index < -0.39 is 14.5 Å². The van der Waals surface area contributed by atoms with Crippen LogP contribution in [0.25, 0.3) is 28.5 Å². The van der Waals surface area contributed by atoms with Crippen LogP contribution in [-0.4, -0.2) is 51.7 Å². The zero-order valence-corrected chi connectivity index (χ0v) is 37.6. The van der Waals surface area contributed by atoms with Crippen molar-refractivity contribution in [2.75, 3.05) is 37.0 Å². The number of aromatic nitrogens is 3. The Hall–Kier alpha value is -1.76. The van der Waals surface area contributed by atoms with E-state index in [1.165, 1.54) is 114 Å². The van der Waals surface area contributed by atoms with E-state index in [0.717, 1.165) is 39.6 Å². The van der Waals surface area contributed by atoms with E-state index >= 15 is 0 Å². The Balaban J connectivity index is 1.90. The third-order valence-corrected chi connectivity index (χ3v) is 23.4. The number of nitrogens with zero attached hydrogens (tertiary/aromatic N) is 3. The summed E-state index contributed by atoms with van der Waals surface area (Å²) in [5.41, 5.74) is 5.52. The Kier molecular flexibility index (Phi) is 18.8. The Morgan fingerprint density at radius 1 is 0.472 bits per heavy atom. The molecule has 0 N–H and O–H groups in total. The summed E-state index contributed by atoms with van der Waals surface area (Å²) in [4.78, 5) is 0. The second-order valence-corrected chi connectivity index (χ2v) is 25.5. The minimum atomic E-state index is -1.70. The summed E-state index contributed by atoms with van der Waals surface area (Å²) in [6, 6.07) is 25.1. The van der Waals surface area contributed by atoms with Gasteiger partial charge in [0.25, 0.3) is 0 Å². The molecule has 0 saturated carbocycles. The summed E-state index contributed by atoms with van der Waals surface area (Å²) in [6.45, 7) is 14.0. The van der Waals surface area contributed by atoms with Crippen molar-refractivity contribution in [2.45, 2.75) is 130 Å². The Bertz CT molecular complexity index is 1510. The molecule has 3 nitrogen and oxygen atoms in total. The van der Waals surface area contributed by atoms with Crippen molar-refractivity contribution in [1.82, 2.24) is 14.8 Å². The molecule has 7 heteroatoms. The molecule has 0 spiro atoms. The van der Waals surface area contributed by atoms with Crippen molar-refractivity contribution >= 4 is 48.3 Å². The number of rotatable bonds is 25. The van der Waals surface area contributed by atoms with Crippen molar-refractivity contribution in [3.8, 4) is 28.5 Å². The van der Waals surface area contributed by atoms with Crippen LogP contribution in [0.2, 0.25) is 0 Å². The number of halogens is 2. The first kappa shape index (κ1) is 44.0. The average molecular weight is 799 g/mol. The second-order valence-electron chi connectivity index (χ2n) is 15.7. The van der Waals surface area contributed by atoms with Gasteiger partial charge in [0, 0.05) is 0 Å². The van der Waals surface area contributed by atoms with E-state index in [0.29, 0.717) is 11.8 Å². The fraction of sp³-hybridized carbons (Fsp3) is 0.565. The number of alkyl halides is 2. The third kappa shape index (κ3) is 11.0. The first-order chi connectivity index (χ1) is 25.9. The number of hydrogen-bond donors (Lipinski definition) is 0. The molecule has 3 aromatic carbocycles. The summed E-state index contributed by atoms with van der Waals surface area (Å²) in [5, 5.41) is 13.1. The normalized spacial score (nSPS) is 12.8. The molecule has 0 aliphatic heterocycles. The molecule has 0 atom stereocenters. The molecule has 1 aromatic heterocycles. The van der Waals surface area contributed by atoms with E-state index in [9.17, 15) is 0 Å². The molecule has 0 saturated heterocycles. The van der Waals surface area contributed by atoms with Crippen LogP contribution < -0.4 is 10.6 Å². The summed E-state index contributed by atoms with van der Waals surface area (Å²) in [5.74, 6) is 2.58. The number of unbranched alkanes of at least 4 members (excludes halogenated alkanes) is 6. The predicted molar refractivity (Wildman–Crippen MR) is 246 cm³/mol. The van der Waals surface area contributed by atoms with Crippen LogP contribution in [0.5, 0.6) is 0 Å². The molecule has 0 bridgehead atoms. The van der Waals surface area contributed by atoms with Gasteiger partial charge in [-0.3, -0.25) is 0 Å². The molecular formula is C46H71Cl2N3P2. The van der Waals surface area contributed by atoms with E-state index in [1.54, 1.807) is 10.6 Å². The van der Waals surface area contributed by atoms with E-state index in [-0.39, 0.29) is 0 Å². The van der Waals surface area contributed by atoms with Crippen LogP contribution in [0.1, 0.15) is 130 Å². The van der Waals surface area contributed by atoms with Crippen molar-refractivity contribution in [3.63, 3.8) is 0 Å². The molecular weight excluding hydrogens is 727 g/mol. The monoisotopic (exact) mass is 797 g/mol. The van der Waals surface area contributed by atoms with Gasteiger partial charge in [-0.15, -0.1) is 0 Å². The van der Waals surface area contributed by atoms with Crippen molar-refractivity contribution < 1.29 is 0 Å². The van der Waals surface area contributed by atoms with Crippen LogP contribution in [-0.2, 0) is 11.8 Å². The number of benzene rings is 3. The first-order valence-corrected chi connectivity index (χ1v) is 27.6. The average Bonchev–Trinajstić information content (AvgIpc) is 3.65. The summed E-state index contributed by atoms with van der Waals surface area (Å²) < 4.78 is 2.25. The summed E-state index contributed by atoms with van der Waals surface area (Å²) in [6.07, 6.45) is 23.6. The van der Waals surface area contributed by atoms with Crippen molar-refractivity contribution in [3.05, 3.63) is 77.9 Å². The van der Waals surface area contributed by atoms with Gasteiger partial charge >= 0.3 is 337 Å². The van der Waals surface area contributed by atoms with Gasteiger partial charge in [0.05, 0.1) is 0 Å². The van der Waals surface area contributed by atoms with E-state index in [1.807, 2.05) is 0 Å². The van der Waals surface area contributed by atoms with Crippen molar-refractivity contribution in [1.29, 1.82) is 0 Å². The SMILES string of the molecule is CCCC[PH](CCCC)(CCCC)c1ccc(-c2nnc(-c3ccc([PH](CCCC)(CCCC)CCCC)cc3CCl)n2-c2ccccc2)c(CCl)c1. The van der Waals surface area contributed by atoms with Gasteiger partial charge < -0.3 is 0 Å². The Morgan fingerprint density at radius 2 is 0.811 bits per heavy atom. The van der Waals surface area contributed by atoms with E-state index in [4.69, 9.17) is 33.4 Å². The first-order valence-electron chi connectivity index (χ1n) is 21.3. The Labute approximate surface area is 335 Å². The molecule has 0 fully saturated rings. The van der Waals surface area contributed by atoms with Crippen LogP contribution in [0, 0.1) is 0 Å². The van der Waals surface area contributed by atoms with Crippen molar-refractivity contribution in [2.24, 2.45) is 0 Å². The fourth-order valence-electron chi connectivity index (χ4n) is 8.67. The molecule has 4 rings (SSSR count). The zero-order chi connectivity index (χ0) is 38.1. The van der Waals surface area contributed by atoms with Gasteiger partial charge in [0.15, 0.2) is 0 Å². The van der Waals surface area contributed by atoms with Crippen LogP contribution in [0.3, 0.4) is 0 Å². The topological polar surface area (TPSA) is 30.7 Å². The summed E-state index contributed by atoms with van der Waals surface area (Å²) in [7, 11) is -3.41. The van der Waals surface area contributed by atoms with E-state index in [2.05, 4.69) is 113 Å². The molecule has 1 heterocycles. The standard InChI is InChI=1S/C46H71Cl2N3P2/c1-7-13-28-52(29-14-8-2,30-15-9-3)41-24-26-43(38(34-41)36-47)45-49-50-46(51(45)40-22-20-19-21-23-40)44-27-25-42(35-39(44)37-48)53(31-16-10-4,32-17-11-5)33-18-12-6/h19-27,34-35,52-53H,7-18,28-33,36-37H2,1-6H3. The van der Waals surface area contributed by atoms with Gasteiger partial charge in [-0.05, 0) is 0 Å². The van der Waals surface area contributed by atoms with Gasteiger partial charge in [-0.2, -0.15) is 0 Å². The number of hydrogen-bond acceptors (Lipinski definition) is 2. The minimum absolute atomic E-state index is 0.446. The Morgan fingerprint density at radius 3 is 1.11 bits per heavy atom. The quantitative estimate of drug-likeness (QED) is 0.0494. The maximum absolute atomic E-state index is 6.90. The second kappa shape index (κ2) is 22.7. The molecule has 4 aromatic rings. The van der Waals surface area contributed by atoms with Gasteiger partial charge in [-0.1, -0.05) is 0 Å². The summed E-state index contributed by atoms with van der Waals surface area (Å²) >= 11 is 13.8. The molecule has 0 amide bonds. The van der Waals surface area contributed by atoms with Gasteiger partial charge in [0.1, 0.15) is 0 Å².